The predicted molar refractivity (Wildman–Crippen MR) is 109 cm³/mol. The average Bonchev–Trinajstić information content (AvgIpc) is 2.67. The quantitative estimate of drug-likeness (QED) is 0.506. The van der Waals surface area contributed by atoms with Crippen molar-refractivity contribution in [3.63, 3.8) is 0 Å². The van der Waals surface area contributed by atoms with Gasteiger partial charge in [0.1, 0.15) is 5.56 Å². The fourth-order valence-electron chi connectivity index (χ4n) is 3.55. The van der Waals surface area contributed by atoms with Gasteiger partial charge in [0.15, 0.2) is 29.1 Å². The number of rotatable bonds is 3. The smallest absolute Gasteiger partial charge is 0.341 e. The van der Waals surface area contributed by atoms with Gasteiger partial charge in [0, 0.05) is 30.9 Å². The largest absolute Gasteiger partial charge is 0.477 e. The summed E-state index contributed by atoms with van der Waals surface area (Å²) in [6.45, 7) is 1.52. The molecule has 3 heterocycles. The van der Waals surface area contributed by atoms with Crippen LogP contribution < -0.4 is 16.1 Å². The first-order chi connectivity index (χ1) is 14.5. The highest BCUT2D eigenvalue weighted by atomic mass is 79.9. The number of aliphatic hydroxyl groups excluding tert-OH is 1. The number of nitrogens with zero attached hydrogens (tertiary/aromatic N) is 3. The highest BCUT2D eigenvalue weighted by molar-refractivity contribution is 9.10. The van der Waals surface area contributed by atoms with E-state index in [1.807, 2.05) is 0 Å². The lowest BCUT2D eigenvalue weighted by Crippen LogP contribution is -2.51. The number of aromatic nitrogens is 2. The molecule has 0 radical (unpaired) electrons. The second-order valence-electron chi connectivity index (χ2n) is 7.09. The highest BCUT2D eigenvalue weighted by Gasteiger charge is 2.33. The van der Waals surface area contributed by atoms with Crippen molar-refractivity contribution in [2.24, 2.45) is 0 Å². The van der Waals surface area contributed by atoms with Crippen molar-refractivity contribution in [2.75, 3.05) is 23.7 Å². The van der Waals surface area contributed by atoms with E-state index in [1.54, 1.807) is 0 Å². The van der Waals surface area contributed by atoms with E-state index in [0.717, 1.165) is 10.8 Å². The molecule has 1 saturated heterocycles. The van der Waals surface area contributed by atoms with E-state index in [1.165, 1.54) is 11.8 Å². The number of fused-ring (bicyclic) bond motifs is 1. The SMILES string of the molecule is Cc1c(F)c(N2CC(O)C2)c(Br)c2c1c(=O)c(C(=O)O)cn2-c1nc(N)c(F)cc1F. The van der Waals surface area contributed by atoms with Gasteiger partial charge in [-0.15, -0.1) is 0 Å². The summed E-state index contributed by atoms with van der Waals surface area (Å²) >= 11 is 3.24. The molecule has 0 saturated carbocycles. The van der Waals surface area contributed by atoms with Gasteiger partial charge in [-0.3, -0.25) is 9.36 Å². The topological polar surface area (TPSA) is 122 Å². The van der Waals surface area contributed by atoms with Gasteiger partial charge in [0.2, 0.25) is 5.43 Å². The number of hydrogen-bond donors (Lipinski definition) is 3. The average molecular weight is 499 g/mol. The molecule has 31 heavy (non-hydrogen) atoms. The zero-order chi connectivity index (χ0) is 22.8. The summed E-state index contributed by atoms with van der Waals surface area (Å²) in [6, 6.07) is 0.471. The van der Waals surface area contributed by atoms with Gasteiger partial charge < -0.3 is 20.8 Å². The number of nitrogen functional groups attached to an aromatic ring is 1. The molecule has 3 aromatic rings. The van der Waals surface area contributed by atoms with Crippen molar-refractivity contribution in [3.8, 4) is 5.82 Å². The lowest BCUT2D eigenvalue weighted by atomic mass is 10.0. The van der Waals surface area contributed by atoms with Gasteiger partial charge in [0.25, 0.3) is 0 Å². The maximum atomic E-state index is 15.2. The lowest BCUT2D eigenvalue weighted by molar-refractivity contribution is 0.0695. The number of aliphatic hydroxyl groups is 1. The minimum Gasteiger partial charge on any atom is -0.477 e. The summed E-state index contributed by atoms with van der Waals surface area (Å²) in [4.78, 5) is 29.7. The van der Waals surface area contributed by atoms with Crippen LogP contribution in [0.15, 0.2) is 21.5 Å². The van der Waals surface area contributed by atoms with E-state index in [2.05, 4.69) is 20.9 Å². The predicted octanol–water partition coefficient (Wildman–Crippen LogP) is 2.34. The Morgan fingerprint density at radius 1 is 1.29 bits per heavy atom. The van der Waals surface area contributed by atoms with Gasteiger partial charge in [0.05, 0.1) is 27.2 Å². The number of nitrogens with two attached hydrogens (primary N) is 1. The molecule has 2 aromatic heterocycles. The zero-order valence-corrected chi connectivity index (χ0v) is 17.4. The van der Waals surface area contributed by atoms with Crippen LogP contribution in [0.1, 0.15) is 15.9 Å². The van der Waals surface area contributed by atoms with Crippen molar-refractivity contribution in [3.05, 3.63) is 55.5 Å². The molecule has 0 bridgehead atoms. The number of carboxylic acid groups (broad SMARTS) is 1. The van der Waals surface area contributed by atoms with Crippen molar-refractivity contribution < 1.29 is 28.2 Å². The second-order valence-corrected chi connectivity index (χ2v) is 7.88. The van der Waals surface area contributed by atoms with Crippen LogP contribution in [-0.4, -0.2) is 44.9 Å². The molecule has 0 amide bonds. The molecule has 162 valence electrons. The van der Waals surface area contributed by atoms with Crippen molar-refractivity contribution in [1.82, 2.24) is 9.55 Å². The standard InChI is InChI=1S/C19H14BrF3N4O4/c1-6-11-14(12(20)15(13(6)23)26-3-7(28)4-26)27(5-8(16(11)29)19(30)31)18-10(22)2-9(21)17(24)25-18/h2,5,7,28H,3-4H2,1H3,(H2,24,25)(H,30,31). The molecule has 1 aromatic carbocycles. The third-order valence-corrected chi connectivity index (χ3v) is 5.86. The van der Waals surface area contributed by atoms with Crippen LogP contribution in [0.25, 0.3) is 16.7 Å². The van der Waals surface area contributed by atoms with Crippen LogP contribution in [0.3, 0.4) is 0 Å². The van der Waals surface area contributed by atoms with Gasteiger partial charge in [-0.25, -0.2) is 22.9 Å². The number of carbonyl (C=O) groups is 1. The van der Waals surface area contributed by atoms with Gasteiger partial charge in [-0.2, -0.15) is 0 Å². The molecule has 4 N–H and O–H groups in total. The van der Waals surface area contributed by atoms with E-state index in [9.17, 15) is 28.6 Å². The molecule has 12 heteroatoms. The number of carboxylic acids is 1. The number of pyridine rings is 2. The Hall–Kier alpha value is -3.12. The molecule has 0 unspecified atom stereocenters. The summed E-state index contributed by atoms with van der Waals surface area (Å²) < 4.78 is 44.4. The van der Waals surface area contributed by atoms with Crippen LogP contribution in [0.4, 0.5) is 24.7 Å². The van der Waals surface area contributed by atoms with Gasteiger partial charge >= 0.3 is 5.97 Å². The number of halogens is 4. The normalized spacial score (nSPS) is 14.2. The van der Waals surface area contributed by atoms with Crippen LogP contribution in [0, 0.1) is 24.4 Å². The minimum atomic E-state index is -1.62. The van der Waals surface area contributed by atoms with E-state index < -0.39 is 52.2 Å². The summed E-state index contributed by atoms with van der Waals surface area (Å²) in [7, 11) is 0. The first-order valence-electron chi connectivity index (χ1n) is 8.88. The van der Waals surface area contributed by atoms with E-state index >= 15 is 4.39 Å². The molecule has 0 aliphatic carbocycles. The molecule has 1 fully saturated rings. The Bertz CT molecular complexity index is 1340. The number of hydrogen-bond acceptors (Lipinski definition) is 6. The third-order valence-electron chi connectivity index (χ3n) is 5.11. The van der Waals surface area contributed by atoms with Gasteiger partial charge in [-0.05, 0) is 22.9 Å². The zero-order valence-electron chi connectivity index (χ0n) is 15.8. The Morgan fingerprint density at radius 3 is 2.52 bits per heavy atom. The molecule has 1 aliphatic heterocycles. The first kappa shape index (κ1) is 21.1. The third kappa shape index (κ3) is 3.13. The van der Waals surface area contributed by atoms with Crippen LogP contribution in [0.5, 0.6) is 0 Å². The van der Waals surface area contributed by atoms with Gasteiger partial charge in [-0.1, -0.05) is 0 Å². The Kier molecular flexibility index (Phi) is 4.93. The van der Waals surface area contributed by atoms with E-state index in [0.29, 0.717) is 6.07 Å². The van der Waals surface area contributed by atoms with Crippen molar-refractivity contribution >= 4 is 44.3 Å². The fourth-order valence-corrected chi connectivity index (χ4v) is 4.36. The van der Waals surface area contributed by atoms with Crippen molar-refractivity contribution in [1.29, 1.82) is 0 Å². The molecule has 4 rings (SSSR count). The minimum absolute atomic E-state index is 0.00187. The van der Waals surface area contributed by atoms with Crippen LogP contribution in [-0.2, 0) is 0 Å². The molecular formula is C19H14BrF3N4O4. The summed E-state index contributed by atoms with van der Waals surface area (Å²) in [5, 5.41) is 18.7. The molecular weight excluding hydrogens is 485 g/mol. The number of β-amino-alcohol motifs (C(OH)–C–C–N with tert-alkyl or cyclic N) is 1. The van der Waals surface area contributed by atoms with Crippen LogP contribution in [0.2, 0.25) is 0 Å². The molecule has 0 atom stereocenters. The summed E-state index contributed by atoms with van der Waals surface area (Å²) in [5.41, 5.74) is 3.46. The second kappa shape index (κ2) is 7.24. The molecule has 8 nitrogen and oxygen atoms in total. The Morgan fingerprint density at radius 2 is 1.94 bits per heavy atom. The number of aryl methyl sites for hydroxylation is 1. The molecule has 0 spiro atoms. The maximum absolute atomic E-state index is 15.2. The summed E-state index contributed by atoms with van der Waals surface area (Å²) in [6.07, 6.45) is 0.155. The first-order valence-corrected chi connectivity index (χ1v) is 9.67. The van der Waals surface area contributed by atoms with Crippen LogP contribution >= 0.6 is 15.9 Å². The summed E-state index contributed by atoms with van der Waals surface area (Å²) in [5.74, 6) is -5.95. The Balaban J connectivity index is 2.20. The number of benzene rings is 1. The fraction of sp³-hybridized carbons (Fsp3) is 0.211. The monoisotopic (exact) mass is 498 g/mol. The highest BCUT2D eigenvalue weighted by Crippen LogP contribution is 2.40. The molecule has 1 aliphatic rings. The lowest BCUT2D eigenvalue weighted by Gasteiger charge is -2.39. The van der Waals surface area contributed by atoms with E-state index in [4.69, 9.17) is 5.73 Å². The Labute approximate surface area is 180 Å². The van der Waals surface area contributed by atoms with E-state index in [-0.39, 0.29) is 39.7 Å². The number of anilines is 2. The van der Waals surface area contributed by atoms with Crippen molar-refractivity contribution in [2.45, 2.75) is 13.0 Å². The number of aromatic carboxylic acids is 1. The maximum Gasteiger partial charge on any atom is 0.341 e.